The molecule has 4 rings (SSSR count). The Balaban J connectivity index is 1.45. The normalized spacial score (nSPS) is 18.2. The van der Waals surface area contributed by atoms with Gasteiger partial charge in [0, 0.05) is 23.4 Å². The van der Waals surface area contributed by atoms with Gasteiger partial charge in [0.2, 0.25) is 5.91 Å². The lowest BCUT2D eigenvalue weighted by Gasteiger charge is -2.26. The standard InChI is InChI=1S/C16H17N3OS/c20-16(6-5-14-2-1-9-21-14)18-7-8-19-13(11-18)10-15(17-19)12-3-4-12/h1-2,5-6,9-10,12H,3-4,7-8,11H2/b6-5+. The summed E-state index contributed by atoms with van der Waals surface area (Å²) in [5.41, 5.74) is 2.38. The number of amides is 1. The lowest BCUT2D eigenvalue weighted by Crippen LogP contribution is -2.37. The Hall–Kier alpha value is -1.88. The van der Waals surface area contributed by atoms with Crippen molar-refractivity contribution in [1.29, 1.82) is 0 Å². The first kappa shape index (κ1) is 12.8. The van der Waals surface area contributed by atoms with Gasteiger partial charge in [0.05, 0.1) is 24.5 Å². The molecule has 1 saturated carbocycles. The highest BCUT2D eigenvalue weighted by Crippen LogP contribution is 2.39. The average Bonchev–Trinajstić information content (AvgIpc) is 3.06. The molecule has 2 aliphatic rings. The number of nitrogens with zero attached hydrogens (tertiary/aromatic N) is 3. The number of fused-ring (bicyclic) bond motifs is 1. The first-order chi connectivity index (χ1) is 10.3. The Kier molecular flexibility index (Phi) is 3.15. The molecule has 3 heterocycles. The van der Waals surface area contributed by atoms with E-state index >= 15 is 0 Å². The van der Waals surface area contributed by atoms with Gasteiger partial charge in [0.15, 0.2) is 0 Å². The first-order valence-electron chi connectivity index (χ1n) is 7.37. The fraction of sp³-hybridized carbons (Fsp3) is 0.375. The molecule has 0 bridgehead atoms. The zero-order valence-electron chi connectivity index (χ0n) is 11.7. The van der Waals surface area contributed by atoms with Crippen molar-refractivity contribution >= 4 is 23.3 Å². The van der Waals surface area contributed by atoms with Crippen molar-refractivity contribution in [2.45, 2.75) is 31.8 Å². The molecular formula is C16H17N3OS. The Bertz CT molecular complexity index is 682. The summed E-state index contributed by atoms with van der Waals surface area (Å²) in [6.07, 6.45) is 6.11. The molecule has 2 aromatic rings. The fourth-order valence-electron chi connectivity index (χ4n) is 2.70. The van der Waals surface area contributed by atoms with Crippen molar-refractivity contribution in [1.82, 2.24) is 14.7 Å². The minimum absolute atomic E-state index is 0.0869. The van der Waals surface area contributed by atoms with Crippen molar-refractivity contribution in [2.75, 3.05) is 6.54 Å². The molecule has 0 unspecified atom stereocenters. The molecule has 108 valence electrons. The number of carbonyl (C=O) groups excluding carboxylic acids is 1. The molecule has 2 aromatic heterocycles. The summed E-state index contributed by atoms with van der Waals surface area (Å²) < 4.78 is 2.07. The van der Waals surface area contributed by atoms with Crippen molar-refractivity contribution < 1.29 is 4.79 Å². The van der Waals surface area contributed by atoms with E-state index in [9.17, 15) is 4.79 Å². The zero-order valence-corrected chi connectivity index (χ0v) is 12.6. The van der Waals surface area contributed by atoms with E-state index in [-0.39, 0.29) is 5.91 Å². The second-order valence-electron chi connectivity index (χ2n) is 5.67. The molecule has 1 aliphatic heterocycles. The molecule has 0 atom stereocenters. The number of aromatic nitrogens is 2. The summed E-state index contributed by atoms with van der Waals surface area (Å²) in [5, 5.41) is 6.67. The van der Waals surface area contributed by atoms with E-state index < -0.39 is 0 Å². The Morgan fingerprint density at radius 1 is 1.38 bits per heavy atom. The topological polar surface area (TPSA) is 38.1 Å². The van der Waals surface area contributed by atoms with Gasteiger partial charge >= 0.3 is 0 Å². The van der Waals surface area contributed by atoms with Crippen molar-refractivity contribution in [3.63, 3.8) is 0 Å². The SMILES string of the molecule is O=C(/C=C/c1cccs1)N1CCn2nc(C3CC3)cc2C1. The summed E-state index contributed by atoms with van der Waals surface area (Å²) in [7, 11) is 0. The summed E-state index contributed by atoms with van der Waals surface area (Å²) >= 11 is 1.64. The Labute approximate surface area is 127 Å². The lowest BCUT2D eigenvalue weighted by molar-refractivity contribution is -0.127. The maximum Gasteiger partial charge on any atom is 0.247 e. The van der Waals surface area contributed by atoms with E-state index in [1.54, 1.807) is 17.4 Å². The third-order valence-electron chi connectivity index (χ3n) is 4.06. The van der Waals surface area contributed by atoms with Crippen LogP contribution in [0.4, 0.5) is 0 Å². The van der Waals surface area contributed by atoms with Crippen LogP contribution in [0, 0.1) is 0 Å². The van der Waals surface area contributed by atoms with Gasteiger partial charge in [0.25, 0.3) is 0 Å². The van der Waals surface area contributed by atoms with Crippen LogP contribution in [0.25, 0.3) is 6.08 Å². The van der Waals surface area contributed by atoms with Crippen LogP contribution in [0.1, 0.15) is 35.0 Å². The van der Waals surface area contributed by atoms with Gasteiger partial charge in [-0.3, -0.25) is 9.48 Å². The van der Waals surface area contributed by atoms with E-state index in [2.05, 4.69) is 15.8 Å². The van der Waals surface area contributed by atoms with E-state index in [4.69, 9.17) is 0 Å². The highest BCUT2D eigenvalue weighted by atomic mass is 32.1. The summed E-state index contributed by atoms with van der Waals surface area (Å²) in [6.45, 7) is 2.22. The molecule has 0 saturated heterocycles. The van der Waals surface area contributed by atoms with Crippen LogP contribution in [-0.4, -0.2) is 27.1 Å². The minimum atomic E-state index is 0.0869. The summed E-state index contributed by atoms with van der Waals surface area (Å²) in [4.78, 5) is 15.3. The quantitative estimate of drug-likeness (QED) is 0.817. The third-order valence-corrected chi connectivity index (χ3v) is 4.89. The number of carbonyl (C=O) groups is 1. The fourth-order valence-corrected chi connectivity index (χ4v) is 3.32. The first-order valence-corrected chi connectivity index (χ1v) is 8.25. The molecule has 1 aliphatic carbocycles. The molecule has 5 heteroatoms. The predicted octanol–water partition coefficient (Wildman–Crippen LogP) is 2.88. The second-order valence-corrected chi connectivity index (χ2v) is 6.65. The predicted molar refractivity (Wildman–Crippen MR) is 83.0 cm³/mol. The minimum Gasteiger partial charge on any atom is -0.331 e. The van der Waals surface area contributed by atoms with Crippen LogP contribution in [-0.2, 0) is 17.9 Å². The van der Waals surface area contributed by atoms with E-state index in [0.29, 0.717) is 12.5 Å². The van der Waals surface area contributed by atoms with Gasteiger partial charge in [-0.15, -0.1) is 11.3 Å². The smallest absolute Gasteiger partial charge is 0.247 e. The lowest BCUT2D eigenvalue weighted by atomic mass is 10.2. The second kappa shape index (κ2) is 5.15. The van der Waals surface area contributed by atoms with Crippen LogP contribution < -0.4 is 0 Å². The van der Waals surface area contributed by atoms with E-state index in [1.807, 2.05) is 28.5 Å². The van der Waals surface area contributed by atoms with Crippen molar-refractivity contribution in [3.05, 3.63) is 45.9 Å². The summed E-state index contributed by atoms with van der Waals surface area (Å²) in [6, 6.07) is 6.19. The number of rotatable bonds is 3. The largest absolute Gasteiger partial charge is 0.331 e. The van der Waals surface area contributed by atoms with Gasteiger partial charge in [0.1, 0.15) is 0 Å². The van der Waals surface area contributed by atoms with Gasteiger partial charge < -0.3 is 4.90 Å². The van der Waals surface area contributed by atoms with Gasteiger partial charge in [-0.1, -0.05) is 6.07 Å². The van der Waals surface area contributed by atoms with Crippen LogP contribution in [0.2, 0.25) is 0 Å². The maximum atomic E-state index is 12.3. The maximum absolute atomic E-state index is 12.3. The molecule has 0 radical (unpaired) electrons. The highest BCUT2D eigenvalue weighted by molar-refractivity contribution is 7.10. The monoisotopic (exact) mass is 299 g/mol. The number of hydrogen-bond acceptors (Lipinski definition) is 3. The Morgan fingerprint density at radius 2 is 2.29 bits per heavy atom. The van der Waals surface area contributed by atoms with Gasteiger partial charge in [-0.2, -0.15) is 5.10 Å². The highest BCUT2D eigenvalue weighted by Gasteiger charge is 2.29. The molecular weight excluding hydrogens is 282 g/mol. The van der Waals surface area contributed by atoms with E-state index in [1.165, 1.54) is 24.2 Å². The Morgan fingerprint density at radius 3 is 3.05 bits per heavy atom. The average molecular weight is 299 g/mol. The molecule has 21 heavy (non-hydrogen) atoms. The van der Waals surface area contributed by atoms with Gasteiger partial charge in [-0.05, 0) is 36.4 Å². The van der Waals surface area contributed by atoms with Crippen molar-refractivity contribution in [3.8, 4) is 0 Å². The van der Waals surface area contributed by atoms with E-state index in [0.717, 1.165) is 18.0 Å². The van der Waals surface area contributed by atoms with Crippen LogP contribution in [0.5, 0.6) is 0 Å². The van der Waals surface area contributed by atoms with Crippen LogP contribution >= 0.6 is 11.3 Å². The van der Waals surface area contributed by atoms with Crippen LogP contribution in [0.15, 0.2) is 29.7 Å². The molecule has 0 N–H and O–H groups in total. The molecule has 1 amide bonds. The number of hydrogen-bond donors (Lipinski definition) is 0. The van der Waals surface area contributed by atoms with Crippen LogP contribution in [0.3, 0.4) is 0 Å². The zero-order chi connectivity index (χ0) is 14.2. The van der Waals surface area contributed by atoms with Gasteiger partial charge in [-0.25, -0.2) is 0 Å². The molecule has 0 aromatic carbocycles. The molecule has 0 spiro atoms. The third kappa shape index (κ3) is 2.65. The summed E-state index contributed by atoms with van der Waals surface area (Å²) in [5.74, 6) is 0.759. The number of thiophene rings is 1. The molecule has 4 nitrogen and oxygen atoms in total. The molecule has 1 fully saturated rings. The van der Waals surface area contributed by atoms with Crippen molar-refractivity contribution in [2.24, 2.45) is 0 Å².